The Morgan fingerprint density at radius 3 is 1.83 bits per heavy atom. The molecule has 0 N–H and O–H groups in total. The van der Waals surface area contributed by atoms with E-state index in [9.17, 15) is 0 Å². The van der Waals surface area contributed by atoms with Crippen LogP contribution >= 0.6 is 0 Å². The quantitative estimate of drug-likeness (QED) is 0.512. The Balaban J connectivity index is 2.32. The first-order chi connectivity index (χ1) is 5.47. The van der Waals surface area contributed by atoms with Crippen molar-refractivity contribution in [1.82, 2.24) is 0 Å². The lowest BCUT2D eigenvalue weighted by Gasteiger charge is -2.59. The van der Waals surface area contributed by atoms with Crippen molar-refractivity contribution in [2.75, 3.05) is 0 Å². The van der Waals surface area contributed by atoms with Crippen LogP contribution in [-0.2, 0) is 0 Å². The minimum atomic E-state index is 0.616. The molecule has 0 aromatic rings. The molecule has 1 atom stereocenters. The molecule has 0 heterocycles. The fourth-order valence-electron chi connectivity index (χ4n) is 3.71. The van der Waals surface area contributed by atoms with Gasteiger partial charge in [0.2, 0.25) is 0 Å². The Morgan fingerprint density at radius 2 is 1.50 bits per heavy atom. The van der Waals surface area contributed by atoms with Gasteiger partial charge in [0, 0.05) is 0 Å². The summed E-state index contributed by atoms with van der Waals surface area (Å²) in [4.78, 5) is 0. The van der Waals surface area contributed by atoms with Gasteiger partial charge in [0.25, 0.3) is 0 Å². The van der Waals surface area contributed by atoms with E-state index in [0.717, 1.165) is 11.8 Å². The highest BCUT2D eigenvalue weighted by molar-refractivity contribution is 5.02. The fraction of sp³-hybridized carbons (Fsp3) is 1.00. The average molecular weight is 166 g/mol. The molecule has 0 aliphatic heterocycles. The lowest BCUT2D eigenvalue weighted by molar-refractivity contribution is -0.0911. The molecular formula is C12H22. The molecule has 0 saturated heterocycles. The Labute approximate surface area is 76.7 Å². The van der Waals surface area contributed by atoms with Crippen LogP contribution in [0.25, 0.3) is 0 Å². The van der Waals surface area contributed by atoms with E-state index in [1.54, 1.807) is 0 Å². The third kappa shape index (κ3) is 0.900. The molecule has 0 nitrogen and oxygen atoms in total. The lowest BCUT2D eigenvalue weighted by Crippen LogP contribution is -2.50. The first-order valence-corrected chi connectivity index (χ1v) is 5.47. The minimum Gasteiger partial charge on any atom is -0.0615 e. The molecule has 2 bridgehead atoms. The van der Waals surface area contributed by atoms with E-state index in [0.29, 0.717) is 10.8 Å². The monoisotopic (exact) mass is 166 g/mol. The second kappa shape index (κ2) is 2.27. The predicted octanol–water partition coefficient (Wildman–Crippen LogP) is 3.86. The maximum Gasteiger partial charge on any atom is -0.0295 e. The Bertz CT molecular complexity index is 177. The maximum atomic E-state index is 2.51. The van der Waals surface area contributed by atoms with E-state index in [1.165, 1.54) is 25.7 Å². The second-order valence-corrected chi connectivity index (χ2v) is 5.97. The molecule has 3 fully saturated rings. The molecule has 0 radical (unpaired) electrons. The largest absolute Gasteiger partial charge is 0.0615 e. The Morgan fingerprint density at radius 1 is 1.00 bits per heavy atom. The van der Waals surface area contributed by atoms with Gasteiger partial charge in [-0.25, -0.2) is 0 Å². The predicted molar refractivity (Wildman–Crippen MR) is 53.0 cm³/mol. The highest BCUT2D eigenvalue weighted by Gasteiger charge is 2.52. The minimum absolute atomic E-state index is 0.616. The van der Waals surface area contributed by atoms with Gasteiger partial charge in [-0.1, -0.05) is 27.7 Å². The molecule has 0 unspecified atom stereocenters. The molecule has 0 aromatic heterocycles. The van der Waals surface area contributed by atoms with Crippen molar-refractivity contribution in [1.29, 1.82) is 0 Å². The molecule has 3 aliphatic rings. The van der Waals surface area contributed by atoms with Gasteiger partial charge in [0.15, 0.2) is 0 Å². The van der Waals surface area contributed by atoms with E-state index in [4.69, 9.17) is 0 Å². The average Bonchev–Trinajstić information content (AvgIpc) is 2.01. The standard InChI is InChI=1S/C12H22/c1-9-11(2,3)10-5-7-12(9,4)8-6-10/h9-10H,5-8H2,1-4H3/t9-,10?,12?/m0/s1. The first-order valence-electron chi connectivity index (χ1n) is 5.47. The number of fused-ring (bicyclic) bond motifs is 3. The maximum absolute atomic E-state index is 2.51. The molecule has 0 heteroatoms. The van der Waals surface area contributed by atoms with E-state index in [2.05, 4.69) is 27.7 Å². The van der Waals surface area contributed by atoms with Crippen LogP contribution < -0.4 is 0 Å². The van der Waals surface area contributed by atoms with Gasteiger partial charge >= 0.3 is 0 Å². The van der Waals surface area contributed by atoms with Crippen LogP contribution in [0, 0.1) is 22.7 Å². The SMILES string of the molecule is C[C@@H]1C2(C)CCC(CC2)C1(C)C. The normalized spacial score (nSPS) is 51.0. The zero-order valence-corrected chi connectivity index (χ0v) is 8.98. The van der Waals surface area contributed by atoms with Crippen molar-refractivity contribution in [3.63, 3.8) is 0 Å². The molecule has 0 amide bonds. The van der Waals surface area contributed by atoms with E-state index >= 15 is 0 Å². The lowest BCUT2D eigenvalue weighted by atomic mass is 9.46. The molecule has 70 valence electrons. The summed E-state index contributed by atoms with van der Waals surface area (Å²) < 4.78 is 0. The fourth-order valence-corrected chi connectivity index (χ4v) is 3.71. The zero-order valence-electron chi connectivity index (χ0n) is 8.98. The van der Waals surface area contributed by atoms with Crippen LogP contribution in [0.3, 0.4) is 0 Å². The van der Waals surface area contributed by atoms with Crippen molar-refractivity contribution < 1.29 is 0 Å². The smallest absolute Gasteiger partial charge is 0.0295 e. The van der Waals surface area contributed by atoms with Gasteiger partial charge in [0.05, 0.1) is 0 Å². The second-order valence-electron chi connectivity index (χ2n) is 5.97. The van der Waals surface area contributed by atoms with Crippen LogP contribution in [0.15, 0.2) is 0 Å². The summed E-state index contributed by atoms with van der Waals surface area (Å²) >= 11 is 0. The topological polar surface area (TPSA) is 0 Å². The highest BCUT2D eigenvalue weighted by atomic mass is 14.6. The first kappa shape index (κ1) is 8.59. The summed E-state index contributed by atoms with van der Waals surface area (Å²) in [6.07, 6.45) is 5.96. The summed E-state index contributed by atoms with van der Waals surface area (Å²) in [5.41, 5.74) is 1.30. The van der Waals surface area contributed by atoms with E-state index in [-0.39, 0.29) is 0 Å². The summed E-state index contributed by atoms with van der Waals surface area (Å²) in [6.45, 7) is 9.96. The van der Waals surface area contributed by atoms with Crippen molar-refractivity contribution in [2.24, 2.45) is 22.7 Å². The van der Waals surface area contributed by atoms with Crippen molar-refractivity contribution in [3.8, 4) is 0 Å². The number of hydrogen-bond acceptors (Lipinski definition) is 0. The molecule has 0 aromatic carbocycles. The van der Waals surface area contributed by atoms with Crippen LogP contribution in [0.5, 0.6) is 0 Å². The van der Waals surface area contributed by atoms with Crippen LogP contribution in [0.4, 0.5) is 0 Å². The van der Waals surface area contributed by atoms with Crippen molar-refractivity contribution in [2.45, 2.75) is 53.4 Å². The van der Waals surface area contributed by atoms with Crippen molar-refractivity contribution >= 4 is 0 Å². The summed E-state index contributed by atoms with van der Waals surface area (Å²) in [6, 6.07) is 0. The van der Waals surface area contributed by atoms with Gasteiger partial charge in [-0.05, 0) is 48.3 Å². The Kier molecular flexibility index (Phi) is 1.63. The third-order valence-electron chi connectivity index (χ3n) is 5.34. The number of rotatable bonds is 0. The summed E-state index contributed by atoms with van der Waals surface area (Å²) in [5.74, 6) is 1.95. The van der Waals surface area contributed by atoms with E-state index < -0.39 is 0 Å². The molecule has 12 heavy (non-hydrogen) atoms. The summed E-state index contributed by atoms with van der Waals surface area (Å²) in [7, 11) is 0. The summed E-state index contributed by atoms with van der Waals surface area (Å²) in [5, 5.41) is 0. The van der Waals surface area contributed by atoms with Crippen molar-refractivity contribution in [3.05, 3.63) is 0 Å². The third-order valence-corrected chi connectivity index (χ3v) is 5.34. The van der Waals surface area contributed by atoms with Gasteiger partial charge in [0.1, 0.15) is 0 Å². The van der Waals surface area contributed by atoms with Crippen LogP contribution in [-0.4, -0.2) is 0 Å². The molecule has 0 spiro atoms. The van der Waals surface area contributed by atoms with Gasteiger partial charge in [-0.2, -0.15) is 0 Å². The Hall–Kier alpha value is 0. The van der Waals surface area contributed by atoms with Gasteiger partial charge in [-0.3, -0.25) is 0 Å². The van der Waals surface area contributed by atoms with Gasteiger partial charge < -0.3 is 0 Å². The molecule has 3 aliphatic carbocycles. The molecule has 3 rings (SSSR count). The zero-order chi connectivity index (χ0) is 8.98. The van der Waals surface area contributed by atoms with Gasteiger partial charge in [-0.15, -0.1) is 0 Å². The molecular weight excluding hydrogens is 144 g/mol. The highest BCUT2D eigenvalue weighted by Crippen LogP contribution is 2.61. The number of hydrogen-bond donors (Lipinski definition) is 0. The molecule has 3 saturated carbocycles. The van der Waals surface area contributed by atoms with Crippen LogP contribution in [0.2, 0.25) is 0 Å². The van der Waals surface area contributed by atoms with Crippen LogP contribution in [0.1, 0.15) is 53.4 Å². The van der Waals surface area contributed by atoms with E-state index in [1.807, 2.05) is 0 Å².